The van der Waals surface area contributed by atoms with Gasteiger partial charge < -0.3 is 13.8 Å². The van der Waals surface area contributed by atoms with Crippen molar-refractivity contribution in [2.24, 2.45) is 0 Å². The molecule has 0 saturated carbocycles. The zero-order valence-corrected chi connectivity index (χ0v) is 31.9. The quantitative estimate of drug-likeness (QED) is 0.194. The molecule has 0 unspecified atom stereocenters. The lowest BCUT2D eigenvalue weighted by molar-refractivity contribution is 0.632. The van der Waals surface area contributed by atoms with Crippen molar-refractivity contribution >= 4 is 108 Å². The largest absolute Gasteiger partial charge is 0.456 e. The van der Waals surface area contributed by atoms with E-state index >= 15 is 0 Å². The smallest absolute Gasteiger partial charge is 0.143 e. The van der Waals surface area contributed by atoms with Gasteiger partial charge in [0.15, 0.2) is 0 Å². The van der Waals surface area contributed by atoms with Crippen LogP contribution in [-0.4, -0.2) is 4.98 Å². The van der Waals surface area contributed by atoms with Gasteiger partial charge in [-0.15, -0.1) is 22.7 Å². The zero-order valence-electron chi connectivity index (χ0n) is 30.3. The van der Waals surface area contributed by atoms with Gasteiger partial charge in [-0.2, -0.15) is 0 Å². The Bertz CT molecular complexity index is 3710. The van der Waals surface area contributed by atoms with Crippen molar-refractivity contribution < 1.29 is 8.83 Å². The van der Waals surface area contributed by atoms with Crippen molar-refractivity contribution in [3.8, 4) is 44.0 Å². The number of hydrogen-bond acceptors (Lipinski definition) is 4. The number of aromatic nitrogens is 1. The molecule has 3 nitrogen and oxygen atoms in total. The molecule has 5 heterocycles. The summed E-state index contributed by atoms with van der Waals surface area (Å²) in [7, 11) is 0. The Balaban J connectivity index is 1.21. The minimum atomic E-state index is 0.878. The van der Waals surface area contributed by atoms with Crippen LogP contribution in [0.4, 0.5) is 0 Å². The summed E-state index contributed by atoms with van der Waals surface area (Å²) in [6.07, 6.45) is 0. The van der Waals surface area contributed by atoms with Gasteiger partial charge in [-0.3, -0.25) is 0 Å². The van der Waals surface area contributed by atoms with Crippen LogP contribution in [0.25, 0.3) is 129 Å². The normalized spacial score (nSPS) is 12.2. The van der Waals surface area contributed by atoms with Gasteiger partial charge in [0.25, 0.3) is 0 Å². The third-order valence-corrected chi connectivity index (χ3v) is 14.0. The van der Waals surface area contributed by atoms with Crippen molar-refractivity contribution in [1.29, 1.82) is 0 Å². The molecule has 0 saturated heterocycles. The predicted molar refractivity (Wildman–Crippen MR) is 243 cm³/mol. The predicted octanol–water partition coefficient (Wildman–Crippen LogP) is 16.2. The van der Waals surface area contributed by atoms with E-state index in [0.29, 0.717) is 0 Å². The van der Waals surface area contributed by atoms with E-state index in [1.807, 2.05) is 34.8 Å². The van der Waals surface area contributed by atoms with Crippen LogP contribution < -0.4 is 0 Å². The van der Waals surface area contributed by atoms with E-state index in [2.05, 4.69) is 163 Å². The third-order valence-electron chi connectivity index (χ3n) is 11.6. The number of rotatable bonds is 4. The summed E-state index contributed by atoms with van der Waals surface area (Å²) in [5.74, 6) is 0.878. The molecule has 0 aliphatic rings. The molecule has 1 N–H and O–H groups in total. The standard InChI is InChI=1S/C52H29NO2S2/c1-6-20-42-29(11-1)26-44(54-42)36-16-10-18-38-49-47(57-52(36)38)28-39(46-27-30-12-2-8-22-45(30)56-46)48(31-23-24-33-32-13-3-5-19-40(32)53-41(33)25-31)50(49)37-17-9-15-35-34-14-4-7-21-43(34)55-51(35)37/h1-28,53H. The summed E-state index contributed by atoms with van der Waals surface area (Å²) in [4.78, 5) is 4.98. The zero-order chi connectivity index (χ0) is 37.2. The van der Waals surface area contributed by atoms with E-state index in [1.54, 1.807) is 0 Å². The van der Waals surface area contributed by atoms with Gasteiger partial charge in [0.1, 0.15) is 22.5 Å². The molecule has 5 heteroatoms. The fourth-order valence-corrected chi connectivity index (χ4v) is 11.5. The van der Waals surface area contributed by atoms with Gasteiger partial charge in [-0.1, -0.05) is 115 Å². The van der Waals surface area contributed by atoms with Crippen LogP contribution in [0.5, 0.6) is 0 Å². The van der Waals surface area contributed by atoms with Crippen molar-refractivity contribution in [2.45, 2.75) is 0 Å². The molecule has 0 amide bonds. The summed E-state index contributed by atoms with van der Waals surface area (Å²) in [5.41, 5.74) is 11.8. The van der Waals surface area contributed by atoms with Gasteiger partial charge >= 0.3 is 0 Å². The van der Waals surface area contributed by atoms with E-state index in [4.69, 9.17) is 8.83 Å². The highest BCUT2D eigenvalue weighted by molar-refractivity contribution is 7.26. The number of fused-ring (bicyclic) bond motifs is 11. The third kappa shape index (κ3) is 4.58. The lowest BCUT2D eigenvalue weighted by Gasteiger charge is -2.18. The Labute approximate surface area is 333 Å². The van der Waals surface area contributed by atoms with E-state index in [9.17, 15) is 0 Å². The molecular formula is C52H29NO2S2. The Morgan fingerprint density at radius 3 is 2.05 bits per heavy atom. The van der Waals surface area contributed by atoms with Gasteiger partial charge in [0.2, 0.25) is 0 Å². The molecule has 0 radical (unpaired) electrons. The second-order valence-corrected chi connectivity index (χ2v) is 17.0. The highest BCUT2D eigenvalue weighted by Gasteiger charge is 2.26. The minimum Gasteiger partial charge on any atom is -0.456 e. The highest BCUT2D eigenvalue weighted by atomic mass is 32.1. The Kier molecular flexibility index (Phi) is 6.48. The molecular weight excluding hydrogens is 735 g/mol. The molecule has 0 atom stereocenters. The van der Waals surface area contributed by atoms with Gasteiger partial charge in [-0.25, -0.2) is 0 Å². The van der Waals surface area contributed by atoms with Crippen LogP contribution in [0.3, 0.4) is 0 Å². The number of benzene rings is 8. The number of H-pyrrole nitrogens is 1. The second-order valence-electron chi connectivity index (χ2n) is 14.8. The van der Waals surface area contributed by atoms with Gasteiger partial charge in [-0.05, 0) is 71.1 Å². The maximum Gasteiger partial charge on any atom is 0.143 e. The van der Waals surface area contributed by atoms with Crippen LogP contribution >= 0.6 is 22.7 Å². The maximum atomic E-state index is 6.88. The molecule has 0 spiro atoms. The molecule has 0 aliphatic carbocycles. The number of hydrogen-bond donors (Lipinski definition) is 1. The molecule has 0 bridgehead atoms. The molecule has 13 rings (SSSR count). The fraction of sp³-hybridized carbons (Fsp3) is 0. The number of furan rings is 2. The Hall–Kier alpha value is -6.92. The van der Waals surface area contributed by atoms with Crippen LogP contribution in [0.2, 0.25) is 0 Å². The lowest BCUT2D eigenvalue weighted by Crippen LogP contribution is -1.92. The first-order valence-electron chi connectivity index (χ1n) is 19.2. The number of nitrogens with one attached hydrogen (secondary N) is 1. The monoisotopic (exact) mass is 763 g/mol. The summed E-state index contributed by atoms with van der Waals surface area (Å²) in [5, 5.41) is 9.45. The van der Waals surface area contributed by atoms with Crippen LogP contribution in [0.15, 0.2) is 179 Å². The van der Waals surface area contributed by atoms with E-state index in [1.165, 1.54) is 62.6 Å². The molecule has 0 fully saturated rings. The van der Waals surface area contributed by atoms with Crippen LogP contribution in [0.1, 0.15) is 0 Å². The second kappa shape index (κ2) is 11.8. The lowest BCUT2D eigenvalue weighted by atomic mass is 9.85. The Morgan fingerprint density at radius 1 is 0.421 bits per heavy atom. The molecule has 13 aromatic rings. The highest BCUT2D eigenvalue weighted by Crippen LogP contribution is 2.54. The summed E-state index contributed by atoms with van der Waals surface area (Å²) in [6, 6.07) is 61.2. The maximum absolute atomic E-state index is 6.88. The molecule has 5 aromatic heterocycles. The number of thiophene rings is 2. The Morgan fingerprint density at radius 2 is 1.16 bits per heavy atom. The minimum absolute atomic E-state index is 0.878. The molecule has 266 valence electrons. The summed E-state index contributed by atoms with van der Waals surface area (Å²) < 4.78 is 17.1. The van der Waals surface area contributed by atoms with Gasteiger partial charge in [0, 0.05) is 90.0 Å². The van der Waals surface area contributed by atoms with Crippen LogP contribution in [0, 0.1) is 0 Å². The number of para-hydroxylation sites is 4. The summed E-state index contributed by atoms with van der Waals surface area (Å²) >= 11 is 3.70. The average Bonchev–Trinajstić information content (AvgIpc) is 4.09. The van der Waals surface area contributed by atoms with Crippen molar-refractivity contribution in [3.05, 3.63) is 170 Å². The fourth-order valence-electron chi connectivity index (χ4n) is 9.10. The molecule has 57 heavy (non-hydrogen) atoms. The first kappa shape index (κ1) is 31.3. The molecule has 8 aromatic carbocycles. The van der Waals surface area contributed by atoms with Gasteiger partial charge in [0.05, 0.1) is 0 Å². The average molecular weight is 764 g/mol. The summed E-state index contributed by atoms with van der Waals surface area (Å²) in [6.45, 7) is 0. The molecule has 0 aliphatic heterocycles. The first-order valence-corrected chi connectivity index (χ1v) is 20.8. The van der Waals surface area contributed by atoms with E-state index in [0.717, 1.165) is 66.4 Å². The van der Waals surface area contributed by atoms with Crippen molar-refractivity contribution in [3.63, 3.8) is 0 Å². The number of aromatic amines is 1. The SMILES string of the molecule is c1ccc2oc(-c3cccc4c3sc3cc(-c5cc6ccccc6s5)c(-c5ccc6c(c5)[nH]c5ccccc56)c(-c5cccc6c5oc5ccccc56)c34)cc2c1. The van der Waals surface area contributed by atoms with E-state index in [-0.39, 0.29) is 0 Å². The van der Waals surface area contributed by atoms with E-state index < -0.39 is 0 Å². The topological polar surface area (TPSA) is 42.1 Å². The van der Waals surface area contributed by atoms with Crippen molar-refractivity contribution in [2.75, 3.05) is 0 Å². The first-order chi connectivity index (χ1) is 28.2. The van der Waals surface area contributed by atoms with Crippen molar-refractivity contribution in [1.82, 2.24) is 4.98 Å². The van der Waals surface area contributed by atoms with Crippen LogP contribution in [-0.2, 0) is 0 Å².